The minimum Gasteiger partial charge on any atom is -0.486 e. The maximum atomic E-state index is 12.9. The van der Waals surface area contributed by atoms with Crippen molar-refractivity contribution in [2.24, 2.45) is 0 Å². The second-order valence-electron chi connectivity index (χ2n) is 6.46. The highest BCUT2D eigenvalue weighted by Gasteiger charge is 2.50. The van der Waals surface area contributed by atoms with Gasteiger partial charge in [-0.15, -0.1) is 0 Å². The second-order valence-corrected chi connectivity index (χ2v) is 8.50. The van der Waals surface area contributed by atoms with Crippen LogP contribution in [0.3, 0.4) is 0 Å². The van der Waals surface area contributed by atoms with E-state index in [1.54, 1.807) is 24.3 Å². The molecule has 0 saturated carbocycles. The van der Waals surface area contributed by atoms with Crippen molar-refractivity contribution in [3.05, 3.63) is 60.2 Å². The van der Waals surface area contributed by atoms with Crippen LogP contribution in [-0.4, -0.2) is 33.0 Å². The third kappa shape index (κ3) is 2.62. The van der Waals surface area contributed by atoms with Gasteiger partial charge >= 0.3 is 0 Å². The first-order valence-electron chi connectivity index (χ1n) is 8.24. The maximum Gasteiger partial charge on any atom is 0.179 e. The van der Waals surface area contributed by atoms with Gasteiger partial charge in [0.05, 0.1) is 23.9 Å². The van der Waals surface area contributed by atoms with Crippen LogP contribution in [-0.2, 0) is 14.6 Å². The Morgan fingerprint density at radius 1 is 0.958 bits per heavy atom. The molecule has 24 heavy (non-hydrogen) atoms. The van der Waals surface area contributed by atoms with Gasteiger partial charge < -0.3 is 9.47 Å². The maximum absolute atomic E-state index is 12.9. The van der Waals surface area contributed by atoms with Crippen molar-refractivity contribution >= 4 is 9.84 Å². The number of fused-ring (bicyclic) bond motifs is 1. The minimum atomic E-state index is -3.38. The van der Waals surface area contributed by atoms with Crippen molar-refractivity contribution in [1.82, 2.24) is 0 Å². The van der Waals surface area contributed by atoms with Gasteiger partial charge in [-0.3, -0.25) is 0 Å². The first-order valence-corrected chi connectivity index (χ1v) is 9.89. The van der Waals surface area contributed by atoms with E-state index in [2.05, 4.69) is 0 Å². The standard InChI is InChI=1S/C19H20O4S/c20-24(21,15-6-2-1-3-7-15)14-17-16-8-4-5-9-18(16)23-19(17)10-12-22-13-11-19/h1-9,17H,10-14H2. The molecule has 0 N–H and O–H groups in total. The predicted octanol–water partition coefficient (Wildman–Crippen LogP) is 3.19. The third-order valence-electron chi connectivity index (χ3n) is 5.07. The molecular weight excluding hydrogens is 324 g/mol. The van der Waals surface area contributed by atoms with Gasteiger partial charge in [0.25, 0.3) is 0 Å². The van der Waals surface area contributed by atoms with Gasteiger partial charge in [0, 0.05) is 24.3 Å². The normalized spacial score (nSPS) is 22.1. The van der Waals surface area contributed by atoms with Gasteiger partial charge in [0.2, 0.25) is 0 Å². The Balaban J connectivity index is 1.73. The van der Waals surface area contributed by atoms with Gasteiger partial charge in [-0.1, -0.05) is 36.4 Å². The molecule has 4 nitrogen and oxygen atoms in total. The summed E-state index contributed by atoms with van der Waals surface area (Å²) >= 11 is 0. The van der Waals surface area contributed by atoms with E-state index < -0.39 is 15.4 Å². The summed E-state index contributed by atoms with van der Waals surface area (Å²) in [6.07, 6.45) is 1.44. The van der Waals surface area contributed by atoms with Crippen molar-refractivity contribution in [1.29, 1.82) is 0 Å². The molecule has 1 saturated heterocycles. The summed E-state index contributed by atoms with van der Waals surface area (Å²) in [5.74, 6) is 0.712. The van der Waals surface area contributed by atoms with Crippen molar-refractivity contribution in [3.63, 3.8) is 0 Å². The zero-order valence-electron chi connectivity index (χ0n) is 13.4. The van der Waals surface area contributed by atoms with Crippen LogP contribution in [0.15, 0.2) is 59.5 Å². The smallest absolute Gasteiger partial charge is 0.179 e. The van der Waals surface area contributed by atoms with E-state index >= 15 is 0 Å². The average Bonchev–Trinajstić information content (AvgIpc) is 2.89. The molecule has 1 fully saturated rings. The molecule has 2 aromatic carbocycles. The number of ether oxygens (including phenoxy) is 2. The van der Waals surface area contributed by atoms with Crippen molar-refractivity contribution in [3.8, 4) is 5.75 Å². The third-order valence-corrected chi connectivity index (χ3v) is 6.83. The lowest BCUT2D eigenvalue weighted by Gasteiger charge is -2.37. The molecule has 1 unspecified atom stereocenters. The summed E-state index contributed by atoms with van der Waals surface area (Å²) in [6.45, 7) is 1.21. The molecule has 4 rings (SSSR count). The van der Waals surface area contributed by atoms with Gasteiger partial charge in [-0.2, -0.15) is 0 Å². The first-order chi connectivity index (χ1) is 11.6. The highest BCUT2D eigenvalue weighted by Crippen LogP contribution is 2.50. The van der Waals surface area contributed by atoms with Crippen LogP contribution >= 0.6 is 0 Å². The van der Waals surface area contributed by atoms with Crippen molar-refractivity contribution in [2.75, 3.05) is 19.0 Å². The van der Waals surface area contributed by atoms with Gasteiger partial charge in [0.15, 0.2) is 9.84 Å². The lowest BCUT2D eigenvalue weighted by molar-refractivity contribution is -0.0441. The highest BCUT2D eigenvalue weighted by atomic mass is 32.2. The Morgan fingerprint density at radius 2 is 1.62 bits per heavy atom. The summed E-state index contributed by atoms with van der Waals surface area (Å²) in [4.78, 5) is 0.372. The Morgan fingerprint density at radius 3 is 2.38 bits per heavy atom. The predicted molar refractivity (Wildman–Crippen MR) is 91.1 cm³/mol. The summed E-state index contributed by atoms with van der Waals surface area (Å²) in [5, 5.41) is 0. The number of rotatable bonds is 3. The molecule has 2 heterocycles. The molecule has 2 aliphatic heterocycles. The van der Waals surface area contributed by atoms with Gasteiger partial charge in [-0.25, -0.2) is 8.42 Å². The van der Waals surface area contributed by atoms with Gasteiger partial charge in [-0.05, 0) is 18.2 Å². The molecule has 0 aliphatic carbocycles. The molecule has 0 bridgehead atoms. The Bertz CT molecular complexity index is 823. The minimum absolute atomic E-state index is 0.0635. The summed E-state index contributed by atoms with van der Waals surface area (Å²) in [5.41, 5.74) is 0.531. The number of benzene rings is 2. The van der Waals surface area contributed by atoms with Crippen LogP contribution in [0.25, 0.3) is 0 Å². The molecule has 0 amide bonds. The summed E-state index contributed by atoms with van der Waals surface area (Å²) in [6, 6.07) is 16.5. The quantitative estimate of drug-likeness (QED) is 0.858. The van der Waals surface area contributed by atoms with E-state index in [0.717, 1.165) is 24.2 Å². The zero-order chi connectivity index (χ0) is 16.6. The first kappa shape index (κ1) is 15.7. The molecule has 5 heteroatoms. The fourth-order valence-corrected chi connectivity index (χ4v) is 5.47. The molecule has 126 valence electrons. The molecular formula is C19H20O4S. The fraction of sp³-hybridized carbons (Fsp3) is 0.368. The number of hydrogen-bond acceptors (Lipinski definition) is 4. The van der Waals surface area contributed by atoms with Crippen LogP contribution in [0.4, 0.5) is 0 Å². The monoisotopic (exact) mass is 344 g/mol. The van der Waals surface area contributed by atoms with Crippen LogP contribution in [0, 0.1) is 0 Å². The van der Waals surface area contributed by atoms with Crippen molar-refractivity contribution in [2.45, 2.75) is 29.3 Å². The Kier molecular flexibility index (Phi) is 3.85. The lowest BCUT2D eigenvalue weighted by atomic mass is 9.80. The van der Waals surface area contributed by atoms with Gasteiger partial charge in [0.1, 0.15) is 11.4 Å². The van der Waals surface area contributed by atoms with Crippen LogP contribution in [0.2, 0.25) is 0 Å². The fourth-order valence-electron chi connectivity index (χ4n) is 3.79. The topological polar surface area (TPSA) is 52.6 Å². The number of para-hydroxylation sites is 1. The molecule has 1 atom stereocenters. The van der Waals surface area contributed by atoms with E-state index in [9.17, 15) is 8.42 Å². The summed E-state index contributed by atoms with van der Waals surface area (Å²) in [7, 11) is -3.38. The second kappa shape index (κ2) is 5.90. The summed E-state index contributed by atoms with van der Waals surface area (Å²) < 4.78 is 37.6. The SMILES string of the molecule is O=S(=O)(CC1c2ccccc2OC12CCOCC2)c1ccccc1. The van der Waals surface area contributed by atoms with E-state index in [1.165, 1.54) is 0 Å². The van der Waals surface area contributed by atoms with Crippen LogP contribution < -0.4 is 4.74 Å². The highest BCUT2D eigenvalue weighted by molar-refractivity contribution is 7.91. The van der Waals surface area contributed by atoms with E-state index in [1.807, 2.05) is 30.3 Å². The molecule has 2 aromatic rings. The zero-order valence-corrected chi connectivity index (χ0v) is 14.2. The largest absolute Gasteiger partial charge is 0.486 e. The Hall–Kier alpha value is -1.85. The van der Waals surface area contributed by atoms with Crippen LogP contribution in [0.5, 0.6) is 5.75 Å². The van der Waals surface area contributed by atoms with E-state index in [-0.39, 0.29) is 11.7 Å². The van der Waals surface area contributed by atoms with Crippen molar-refractivity contribution < 1.29 is 17.9 Å². The average molecular weight is 344 g/mol. The lowest BCUT2D eigenvalue weighted by Crippen LogP contribution is -2.45. The molecule has 0 aromatic heterocycles. The molecule has 0 radical (unpaired) electrons. The van der Waals surface area contributed by atoms with E-state index in [0.29, 0.717) is 18.1 Å². The van der Waals surface area contributed by atoms with E-state index in [4.69, 9.17) is 9.47 Å². The molecule has 1 spiro atoms. The molecule has 2 aliphatic rings. The number of hydrogen-bond donors (Lipinski definition) is 0. The Labute approximate surface area is 142 Å². The van der Waals surface area contributed by atoms with Crippen LogP contribution in [0.1, 0.15) is 24.3 Å². The number of sulfone groups is 1.